The number of hydrogen-bond donors (Lipinski definition) is 1. The molecule has 19 heavy (non-hydrogen) atoms. The van der Waals surface area contributed by atoms with E-state index in [0.29, 0.717) is 12.3 Å². The molecule has 1 unspecified atom stereocenters. The topological polar surface area (TPSA) is 32.3 Å². The zero-order valence-corrected chi connectivity index (χ0v) is 12.3. The number of carbonyl (C=O) groups is 1. The number of nitrogens with zero attached hydrogens (tertiary/aromatic N) is 1. The summed E-state index contributed by atoms with van der Waals surface area (Å²) in [6.07, 6.45) is 0.608. The van der Waals surface area contributed by atoms with Gasteiger partial charge in [0.15, 0.2) is 0 Å². The van der Waals surface area contributed by atoms with Gasteiger partial charge in [0.1, 0.15) is 0 Å². The van der Waals surface area contributed by atoms with Crippen molar-refractivity contribution in [3.05, 3.63) is 34.9 Å². The van der Waals surface area contributed by atoms with Crippen LogP contribution in [0.15, 0.2) is 24.3 Å². The van der Waals surface area contributed by atoms with Gasteiger partial charge in [0.25, 0.3) is 0 Å². The van der Waals surface area contributed by atoms with E-state index in [-0.39, 0.29) is 11.9 Å². The van der Waals surface area contributed by atoms with Crippen molar-refractivity contribution in [1.29, 1.82) is 0 Å². The highest BCUT2D eigenvalue weighted by Gasteiger charge is 2.27. The van der Waals surface area contributed by atoms with E-state index in [1.165, 1.54) is 0 Å². The number of hydrogen-bond acceptors (Lipinski definition) is 2. The molecular formula is C15H21ClN2O. The molecule has 0 bridgehead atoms. The predicted octanol–water partition coefficient (Wildman–Crippen LogP) is 2.86. The Morgan fingerprint density at radius 2 is 2.32 bits per heavy atom. The lowest BCUT2D eigenvalue weighted by molar-refractivity contribution is -0.135. The fourth-order valence-electron chi connectivity index (χ4n) is 2.48. The lowest BCUT2D eigenvalue weighted by atomic mass is 10.0. The van der Waals surface area contributed by atoms with Crippen LogP contribution in [0.2, 0.25) is 5.02 Å². The molecule has 1 fully saturated rings. The lowest BCUT2D eigenvalue weighted by Crippen LogP contribution is -2.48. The maximum atomic E-state index is 12.3. The van der Waals surface area contributed by atoms with Crippen molar-refractivity contribution >= 4 is 17.5 Å². The third-order valence-corrected chi connectivity index (χ3v) is 3.62. The molecule has 0 saturated carbocycles. The van der Waals surface area contributed by atoms with Crippen molar-refractivity contribution in [3.63, 3.8) is 0 Å². The van der Waals surface area contributed by atoms with Gasteiger partial charge in [-0.25, -0.2) is 0 Å². The lowest BCUT2D eigenvalue weighted by Gasteiger charge is -2.37. The van der Waals surface area contributed by atoms with Gasteiger partial charge in [0.05, 0.1) is 6.04 Å². The Hall–Kier alpha value is -1.06. The van der Waals surface area contributed by atoms with Crippen molar-refractivity contribution in [2.45, 2.75) is 26.3 Å². The molecule has 1 N–H and O–H groups in total. The Kier molecular flexibility index (Phi) is 4.83. The molecule has 1 aromatic rings. The van der Waals surface area contributed by atoms with Gasteiger partial charge in [-0.3, -0.25) is 4.79 Å². The first-order valence-electron chi connectivity index (χ1n) is 6.83. The Morgan fingerprint density at radius 1 is 1.53 bits per heavy atom. The first-order chi connectivity index (χ1) is 9.08. The van der Waals surface area contributed by atoms with Crippen LogP contribution < -0.4 is 5.32 Å². The van der Waals surface area contributed by atoms with E-state index >= 15 is 0 Å². The quantitative estimate of drug-likeness (QED) is 0.923. The van der Waals surface area contributed by atoms with Crippen LogP contribution in [-0.2, 0) is 4.79 Å². The van der Waals surface area contributed by atoms with Gasteiger partial charge < -0.3 is 10.2 Å². The van der Waals surface area contributed by atoms with Crippen molar-refractivity contribution in [3.8, 4) is 0 Å². The summed E-state index contributed by atoms with van der Waals surface area (Å²) in [7, 11) is 0. The number of piperazine rings is 1. The smallest absolute Gasteiger partial charge is 0.223 e. The minimum absolute atomic E-state index is 0.0960. The number of carbonyl (C=O) groups excluding carboxylic acids is 1. The SMILES string of the molecule is CC(C)CC(=O)N1CCNCC1c1cccc(Cl)c1. The molecule has 1 aliphatic heterocycles. The molecule has 1 saturated heterocycles. The van der Waals surface area contributed by atoms with E-state index in [4.69, 9.17) is 11.6 Å². The number of rotatable bonds is 3. The van der Waals surface area contributed by atoms with Gasteiger partial charge in [-0.2, -0.15) is 0 Å². The zero-order chi connectivity index (χ0) is 13.8. The minimum Gasteiger partial charge on any atom is -0.333 e. The Balaban J connectivity index is 2.18. The Morgan fingerprint density at radius 3 is 3.00 bits per heavy atom. The highest BCUT2D eigenvalue weighted by atomic mass is 35.5. The number of benzene rings is 1. The van der Waals surface area contributed by atoms with E-state index in [1.54, 1.807) is 0 Å². The second-order valence-electron chi connectivity index (χ2n) is 5.46. The highest BCUT2D eigenvalue weighted by molar-refractivity contribution is 6.30. The van der Waals surface area contributed by atoms with E-state index in [2.05, 4.69) is 19.2 Å². The first kappa shape index (κ1) is 14.4. The summed E-state index contributed by atoms with van der Waals surface area (Å²) in [5, 5.41) is 4.08. The summed E-state index contributed by atoms with van der Waals surface area (Å²) in [5.41, 5.74) is 1.11. The Bertz CT molecular complexity index is 448. The summed E-state index contributed by atoms with van der Waals surface area (Å²) in [5.74, 6) is 0.629. The Labute approximate surface area is 119 Å². The van der Waals surface area contributed by atoms with Crippen molar-refractivity contribution in [2.75, 3.05) is 19.6 Å². The molecule has 0 spiro atoms. The van der Waals surface area contributed by atoms with Crippen LogP contribution >= 0.6 is 11.6 Å². The average Bonchev–Trinajstić information content (AvgIpc) is 2.38. The molecule has 1 aliphatic rings. The fourth-order valence-corrected chi connectivity index (χ4v) is 2.68. The summed E-state index contributed by atoms with van der Waals surface area (Å²) >= 11 is 6.05. The second kappa shape index (κ2) is 6.40. The van der Waals surface area contributed by atoms with Crippen LogP contribution in [-0.4, -0.2) is 30.4 Å². The normalized spacial score (nSPS) is 19.8. The standard InChI is InChI=1S/C15H21ClN2O/c1-11(2)8-15(19)18-7-6-17-10-14(18)12-4-3-5-13(16)9-12/h3-5,9,11,14,17H,6-8,10H2,1-2H3. The molecule has 0 aliphatic carbocycles. The number of halogens is 1. The summed E-state index contributed by atoms with van der Waals surface area (Å²) in [6, 6.07) is 7.89. The molecular weight excluding hydrogens is 260 g/mol. The zero-order valence-electron chi connectivity index (χ0n) is 11.5. The summed E-state index contributed by atoms with van der Waals surface area (Å²) in [4.78, 5) is 14.3. The number of amides is 1. The molecule has 1 aromatic carbocycles. The van der Waals surface area contributed by atoms with Gasteiger partial charge in [-0.05, 0) is 23.6 Å². The molecule has 4 heteroatoms. The molecule has 0 aromatic heterocycles. The maximum absolute atomic E-state index is 12.3. The van der Waals surface area contributed by atoms with E-state index in [0.717, 1.165) is 30.2 Å². The molecule has 0 radical (unpaired) electrons. The average molecular weight is 281 g/mol. The largest absolute Gasteiger partial charge is 0.333 e. The molecule has 3 nitrogen and oxygen atoms in total. The van der Waals surface area contributed by atoms with Gasteiger partial charge in [0.2, 0.25) is 5.91 Å². The van der Waals surface area contributed by atoms with Crippen LogP contribution in [0.1, 0.15) is 31.9 Å². The van der Waals surface area contributed by atoms with Crippen LogP contribution in [0.5, 0.6) is 0 Å². The maximum Gasteiger partial charge on any atom is 0.223 e. The van der Waals surface area contributed by atoms with E-state index in [1.807, 2.05) is 29.2 Å². The third kappa shape index (κ3) is 3.71. The van der Waals surface area contributed by atoms with Gasteiger partial charge in [0, 0.05) is 31.1 Å². The molecule has 104 valence electrons. The van der Waals surface area contributed by atoms with E-state index in [9.17, 15) is 4.79 Å². The van der Waals surface area contributed by atoms with Gasteiger partial charge >= 0.3 is 0 Å². The van der Waals surface area contributed by atoms with Crippen LogP contribution in [0.3, 0.4) is 0 Å². The fraction of sp³-hybridized carbons (Fsp3) is 0.533. The molecule has 1 amide bonds. The van der Waals surface area contributed by atoms with E-state index < -0.39 is 0 Å². The third-order valence-electron chi connectivity index (χ3n) is 3.38. The molecule has 1 atom stereocenters. The second-order valence-corrected chi connectivity index (χ2v) is 5.90. The van der Waals surface area contributed by atoms with Crippen molar-refractivity contribution in [2.24, 2.45) is 5.92 Å². The molecule has 1 heterocycles. The minimum atomic E-state index is 0.0960. The van der Waals surface area contributed by atoms with Crippen LogP contribution in [0.25, 0.3) is 0 Å². The number of nitrogens with one attached hydrogen (secondary N) is 1. The van der Waals surface area contributed by atoms with Crippen molar-refractivity contribution < 1.29 is 4.79 Å². The summed E-state index contributed by atoms with van der Waals surface area (Å²) < 4.78 is 0. The van der Waals surface area contributed by atoms with Gasteiger partial charge in [-0.15, -0.1) is 0 Å². The van der Waals surface area contributed by atoms with Crippen LogP contribution in [0, 0.1) is 5.92 Å². The molecule has 2 rings (SSSR count). The van der Waals surface area contributed by atoms with Crippen LogP contribution in [0.4, 0.5) is 0 Å². The summed E-state index contributed by atoms with van der Waals surface area (Å²) in [6.45, 7) is 6.58. The van der Waals surface area contributed by atoms with Gasteiger partial charge in [-0.1, -0.05) is 37.6 Å². The highest BCUT2D eigenvalue weighted by Crippen LogP contribution is 2.25. The predicted molar refractivity (Wildman–Crippen MR) is 78.2 cm³/mol. The first-order valence-corrected chi connectivity index (χ1v) is 7.21. The monoisotopic (exact) mass is 280 g/mol. The van der Waals surface area contributed by atoms with Crippen molar-refractivity contribution in [1.82, 2.24) is 10.2 Å².